The Labute approximate surface area is 102 Å². The van der Waals surface area contributed by atoms with Crippen LogP contribution in [0.5, 0.6) is 0 Å². The Morgan fingerprint density at radius 2 is 2.40 bits per heavy atom. The molecule has 1 unspecified atom stereocenters. The van der Waals surface area contributed by atoms with E-state index < -0.39 is 0 Å². The summed E-state index contributed by atoms with van der Waals surface area (Å²) in [6, 6.07) is 1.80. The maximum absolute atomic E-state index is 11.8. The molecule has 1 amide bonds. The fraction of sp³-hybridized carbons (Fsp3) is 0.444. The third-order valence-electron chi connectivity index (χ3n) is 2.30. The lowest BCUT2D eigenvalue weighted by molar-refractivity contribution is 0.0940. The minimum absolute atomic E-state index is 0.142. The Balaban J connectivity index is 2.03. The molecule has 1 fully saturated rings. The molecule has 0 saturated carbocycles. The van der Waals surface area contributed by atoms with Crippen LogP contribution in [0, 0.1) is 0 Å². The summed E-state index contributed by atoms with van der Waals surface area (Å²) in [5, 5.41) is 6.09. The van der Waals surface area contributed by atoms with Crippen molar-refractivity contribution in [1.29, 1.82) is 0 Å². The molecule has 15 heavy (non-hydrogen) atoms. The van der Waals surface area contributed by atoms with Gasteiger partial charge in [0, 0.05) is 12.6 Å². The lowest BCUT2D eigenvalue weighted by Crippen LogP contribution is -2.36. The van der Waals surface area contributed by atoms with Crippen molar-refractivity contribution in [2.75, 3.05) is 13.1 Å². The van der Waals surface area contributed by atoms with Gasteiger partial charge in [-0.15, -0.1) is 11.3 Å². The molecule has 0 aliphatic carbocycles. The molecule has 2 rings (SSSR count). The highest BCUT2D eigenvalue weighted by molar-refractivity contribution is 7.20. The van der Waals surface area contributed by atoms with Crippen LogP contribution in [0.2, 0.25) is 8.67 Å². The molecule has 1 aromatic rings. The predicted octanol–water partition coefficient (Wildman–Crippen LogP) is 2.15. The van der Waals surface area contributed by atoms with Gasteiger partial charge in [-0.25, -0.2) is 0 Å². The Bertz CT molecular complexity index is 374. The van der Waals surface area contributed by atoms with E-state index in [1.54, 1.807) is 6.07 Å². The third kappa shape index (κ3) is 2.64. The molecule has 1 aliphatic heterocycles. The Hall–Kier alpha value is -0.290. The molecule has 1 atom stereocenters. The van der Waals surface area contributed by atoms with E-state index in [-0.39, 0.29) is 11.9 Å². The molecule has 0 bridgehead atoms. The van der Waals surface area contributed by atoms with Crippen molar-refractivity contribution in [3.8, 4) is 0 Å². The van der Waals surface area contributed by atoms with Gasteiger partial charge < -0.3 is 10.6 Å². The molecule has 0 aromatic carbocycles. The topological polar surface area (TPSA) is 41.1 Å². The van der Waals surface area contributed by atoms with E-state index in [1.807, 2.05) is 0 Å². The number of halogens is 2. The first-order valence-corrected chi connectivity index (χ1v) is 6.20. The SMILES string of the molecule is O=C(NC1CCNC1)c1cc(Cl)sc1Cl. The van der Waals surface area contributed by atoms with Crippen LogP contribution in [0.1, 0.15) is 16.8 Å². The van der Waals surface area contributed by atoms with Crippen LogP contribution in [0.25, 0.3) is 0 Å². The quantitative estimate of drug-likeness (QED) is 0.860. The van der Waals surface area contributed by atoms with E-state index >= 15 is 0 Å². The molecule has 0 radical (unpaired) electrons. The number of hydrogen-bond acceptors (Lipinski definition) is 3. The number of hydrogen-bond donors (Lipinski definition) is 2. The summed E-state index contributed by atoms with van der Waals surface area (Å²) in [6.45, 7) is 1.77. The molecular formula is C9H10Cl2N2OS. The maximum atomic E-state index is 11.8. The van der Waals surface area contributed by atoms with Gasteiger partial charge in [0.1, 0.15) is 4.34 Å². The van der Waals surface area contributed by atoms with Crippen molar-refractivity contribution in [2.24, 2.45) is 0 Å². The third-order valence-corrected chi connectivity index (χ3v) is 3.78. The predicted molar refractivity (Wildman–Crippen MR) is 63.1 cm³/mol. The van der Waals surface area contributed by atoms with Crippen LogP contribution in [0.4, 0.5) is 0 Å². The van der Waals surface area contributed by atoms with Crippen molar-refractivity contribution in [3.05, 3.63) is 20.3 Å². The first kappa shape index (κ1) is 11.2. The number of rotatable bonds is 2. The van der Waals surface area contributed by atoms with Crippen molar-refractivity contribution < 1.29 is 4.79 Å². The largest absolute Gasteiger partial charge is 0.348 e. The Morgan fingerprint density at radius 3 is 2.93 bits per heavy atom. The van der Waals surface area contributed by atoms with E-state index in [0.717, 1.165) is 19.5 Å². The Kier molecular flexibility index (Phi) is 3.51. The van der Waals surface area contributed by atoms with E-state index in [2.05, 4.69) is 10.6 Å². The summed E-state index contributed by atoms with van der Waals surface area (Å²) in [7, 11) is 0. The fourth-order valence-corrected chi connectivity index (χ4v) is 2.99. The van der Waals surface area contributed by atoms with Crippen molar-refractivity contribution in [2.45, 2.75) is 12.5 Å². The molecule has 0 spiro atoms. The average molecular weight is 265 g/mol. The van der Waals surface area contributed by atoms with Crippen molar-refractivity contribution >= 4 is 40.4 Å². The van der Waals surface area contributed by atoms with E-state index in [0.29, 0.717) is 14.2 Å². The van der Waals surface area contributed by atoms with E-state index in [9.17, 15) is 4.79 Å². The Morgan fingerprint density at radius 1 is 1.60 bits per heavy atom. The second-order valence-electron chi connectivity index (χ2n) is 3.40. The second-order valence-corrected chi connectivity index (χ2v) is 5.69. The molecule has 1 aromatic heterocycles. The fourth-order valence-electron chi connectivity index (χ4n) is 1.54. The first-order valence-electron chi connectivity index (χ1n) is 4.63. The lowest BCUT2D eigenvalue weighted by atomic mass is 10.2. The monoisotopic (exact) mass is 264 g/mol. The molecule has 2 N–H and O–H groups in total. The summed E-state index contributed by atoms with van der Waals surface area (Å²) in [4.78, 5) is 11.8. The minimum atomic E-state index is -0.142. The van der Waals surface area contributed by atoms with E-state index in [1.165, 1.54) is 11.3 Å². The lowest BCUT2D eigenvalue weighted by Gasteiger charge is -2.10. The van der Waals surface area contributed by atoms with Gasteiger partial charge in [0.05, 0.1) is 9.90 Å². The van der Waals surface area contributed by atoms with E-state index in [4.69, 9.17) is 23.2 Å². The summed E-state index contributed by atoms with van der Waals surface area (Å²) in [5.41, 5.74) is 0.471. The van der Waals surface area contributed by atoms with Gasteiger partial charge in [-0.2, -0.15) is 0 Å². The zero-order chi connectivity index (χ0) is 10.8. The van der Waals surface area contributed by atoms with Gasteiger partial charge in [-0.3, -0.25) is 4.79 Å². The van der Waals surface area contributed by atoms with Crippen LogP contribution >= 0.6 is 34.5 Å². The highest BCUT2D eigenvalue weighted by Gasteiger charge is 2.20. The van der Waals surface area contributed by atoms with Gasteiger partial charge in [0.2, 0.25) is 0 Å². The average Bonchev–Trinajstić information content (AvgIpc) is 2.75. The zero-order valence-corrected chi connectivity index (χ0v) is 10.2. The maximum Gasteiger partial charge on any atom is 0.253 e. The van der Waals surface area contributed by atoms with Gasteiger partial charge in [0.15, 0.2) is 0 Å². The molecule has 82 valence electrons. The highest BCUT2D eigenvalue weighted by atomic mass is 35.5. The van der Waals surface area contributed by atoms with Gasteiger partial charge in [0.25, 0.3) is 5.91 Å². The first-order chi connectivity index (χ1) is 7.16. The van der Waals surface area contributed by atoms with Crippen LogP contribution in [-0.2, 0) is 0 Å². The standard InChI is InChI=1S/C9H10Cl2N2OS/c10-7-3-6(8(11)15-7)9(14)13-5-1-2-12-4-5/h3,5,12H,1-2,4H2,(H,13,14). The molecule has 1 aliphatic rings. The van der Waals surface area contributed by atoms with Crippen molar-refractivity contribution in [3.63, 3.8) is 0 Å². The van der Waals surface area contributed by atoms with Crippen molar-refractivity contribution in [1.82, 2.24) is 10.6 Å². The van der Waals surface area contributed by atoms with Gasteiger partial charge in [-0.1, -0.05) is 23.2 Å². The van der Waals surface area contributed by atoms with Crippen LogP contribution in [-0.4, -0.2) is 25.0 Å². The van der Waals surface area contributed by atoms with Crippen LogP contribution in [0.15, 0.2) is 6.07 Å². The zero-order valence-electron chi connectivity index (χ0n) is 7.85. The normalized spacial score (nSPS) is 20.5. The molecule has 3 nitrogen and oxygen atoms in total. The molecule has 1 saturated heterocycles. The highest BCUT2D eigenvalue weighted by Crippen LogP contribution is 2.31. The minimum Gasteiger partial charge on any atom is -0.348 e. The second kappa shape index (κ2) is 4.70. The number of carbonyl (C=O) groups is 1. The molecule has 2 heterocycles. The van der Waals surface area contributed by atoms with Gasteiger partial charge >= 0.3 is 0 Å². The van der Waals surface area contributed by atoms with Crippen LogP contribution in [0.3, 0.4) is 0 Å². The summed E-state index contributed by atoms with van der Waals surface area (Å²) < 4.78 is 0.984. The summed E-state index contributed by atoms with van der Waals surface area (Å²) in [5.74, 6) is -0.142. The number of amides is 1. The molecular weight excluding hydrogens is 255 g/mol. The summed E-state index contributed by atoms with van der Waals surface area (Å²) >= 11 is 12.9. The molecule has 6 heteroatoms. The summed E-state index contributed by atoms with van der Waals surface area (Å²) in [6.07, 6.45) is 0.960. The number of thiophene rings is 1. The van der Waals surface area contributed by atoms with Gasteiger partial charge in [-0.05, 0) is 19.0 Å². The number of carbonyl (C=O) groups excluding carboxylic acids is 1. The van der Waals surface area contributed by atoms with Crippen LogP contribution < -0.4 is 10.6 Å². The number of nitrogens with one attached hydrogen (secondary N) is 2. The smallest absolute Gasteiger partial charge is 0.253 e.